The SMILES string of the molecule is N[C@H]1CC(P)(C=O)c2cc(F)c(-c3cccc(C(F)(F)F)n3)cc2N(Cc2ccc(Cl)cc2)C1=O. The highest BCUT2D eigenvalue weighted by Gasteiger charge is 2.41. The molecule has 1 aliphatic heterocycles. The second-order valence-electron chi connectivity index (χ2n) is 8.27. The Kier molecular flexibility index (Phi) is 6.70. The fourth-order valence-corrected chi connectivity index (χ4v) is 4.64. The molecule has 1 aliphatic rings. The van der Waals surface area contributed by atoms with Gasteiger partial charge >= 0.3 is 6.18 Å². The predicted octanol–water partition coefficient (Wildman–Crippen LogP) is 5.09. The minimum atomic E-state index is -4.73. The van der Waals surface area contributed by atoms with Crippen LogP contribution in [0.25, 0.3) is 11.3 Å². The largest absolute Gasteiger partial charge is 0.433 e. The van der Waals surface area contributed by atoms with Gasteiger partial charge in [-0.15, -0.1) is 9.24 Å². The molecule has 0 aliphatic carbocycles. The number of rotatable bonds is 4. The van der Waals surface area contributed by atoms with Crippen molar-refractivity contribution in [2.24, 2.45) is 5.73 Å². The van der Waals surface area contributed by atoms with E-state index in [4.69, 9.17) is 17.3 Å². The number of nitrogens with two attached hydrogens (primary N) is 1. The number of carbonyl (C=O) groups excluding carboxylic acids is 2. The van der Waals surface area contributed by atoms with E-state index in [1.54, 1.807) is 24.3 Å². The topological polar surface area (TPSA) is 76.3 Å². The smallest absolute Gasteiger partial charge is 0.320 e. The Labute approximate surface area is 205 Å². The molecule has 0 bridgehead atoms. The van der Waals surface area contributed by atoms with E-state index in [1.165, 1.54) is 17.0 Å². The zero-order valence-electron chi connectivity index (χ0n) is 18.0. The Morgan fingerprint density at radius 3 is 2.51 bits per heavy atom. The van der Waals surface area contributed by atoms with E-state index in [0.717, 1.165) is 18.2 Å². The van der Waals surface area contributed by atoms with Crippen LogP contribution in [-0.2, 0) is 27.5 Å². The van der Waals surface area contributed by atoms with Gasteiger partial charge in [0.15, 0.2) is 0 Å². The first-order valence-electron chi connectivity index (χ1n) is 10.4. The first-order chi connectivity index (χ1) is 16.4. The maximum Gasteiger partial charge on any atom is 0.433 e. The highest BCUT2D eigenvalue weighted by atomic mass is 35.5. The van der Waals surface area contributed by atoms with Gasteiger partial charge in [0, 0.05) is 16.3 Å². The van der Waals surface area contributed by atoms with Gasteiger partial charge in [-0.2, -0.15) is 13.2 Å². The summed E-state index contributed by atoms with van der Waals surface area (Å²) in [5.41, 5.74) is 5.40. The lowest BCUT2D eigenvalue weighted by molar-refractivity contribution is -0.141. The number of halogens is 5. The number of hydrogen-bond acceptors (Lipinski definition) is 4. The molecule has 0 radical (unpaired) electrons. The van der Waals surface area contributed by atoms with E-state index in [-0.39, 0.29) is 35.5 Å². The number of alkyl halides is 3. The van der Waals surface area contributed by atoms with Crippen molar-refractivity contribution in [3.63, 3.8) is 0 Å². The third-order valence-corrected chi connectivity index (χ3v) is 6.73. The van der Waals surface area contributed by atoms with Crippen molar-refractivity contribution in [1.29, 1.82) is 0 Å². The van der Waals surface area contributed by atoms with Gasteiger partial charge in [0.05, 0.1) is 23.4 Å². The number of amides is 1. The van der Waals surface area contributed by atoms with Gasteiger partial charge in [0.1, 0.15) is 17.8 Å². The van der Waals surface area contributed by atoms with Crippen molar-refractivity contribution < 1.29 is 27.2 Å². The molecule has 2 N–H and O–H groups in total. The molecule has 1 aromatic heterocycles. The Morgan fingerprint density at radius 2 is 1.89 bits per heavy atom. The fourth-order valence-electron chi connectivity index (χ4n) is 4.02. The van der Waals surface area contributed by atoms with Gasteiger partial charge in [-0.1, -0.05) is 29.8 Å². The summed E-state index contributed by atoms with van der Waals surface area (Å²) in [6.45, 7) is 0.0113. The van der Waals surface area contributed by atoms with Crippen LogP contribution in [0.2, 0.25) is 5.02 Å². The maximum absolute atomic E-state index is 15.3. The van der Waals surface area contributed by atoms with Crippen LogP contribution in [0.5, 0.6) is 0 Å². The number of benzene rings is 2. The summed E-state index contributed by atoms with van der Waals surface area (Å²) in [6, 6.07) is 11.0. The van der Waals surface area contributed by atoms with E-state index >= 15 is 4.39 Å². The first kappa shape index (κ1) is 25.2. The number of aromatic nitrogens is 1. The summed E-state index contributed by atoms with van der Waals surface area (Å²) < 4.78 is 54.9. The molecule has 182 valence electrons. The number of fused-ring (bicyclic) bond motifs is 1. The number of aldehydes is 1. The molecule has 11 heteroatoms. The van der Waals surface area contributed by atoms with E-state index in [0.29, 0.717) is 16.9 Å². The molecule has 2 unspecified atom stereocenters. The molecule has 2 aromatic carbocycles. The number of nitrogens with zero attached hydrogens (tertiary/aromatic N) is 2. The summed E-state index contributed by atoms with van der Waals surface area (Å²) >= 11 is 5.95. The van der Waals surface area contributed by atoms with Crippen molar-refractivity contribution in [3.05, 3.63) is 82.3 Å². The van der Waals surface area contributed by atoms with Crippen LogP contribution in [0, 0.1) is 5.82 Å². The van der Waals surface area contributed by atoms with Crippen LogP contribution in [0.4, 0.5) is 23.2 Å². The monoisotopic (exact) mass is 523 g/mol. The number of anilines is 1. The Morgan fingerprint density at radius 1 is 1.20 bits per heavy atom. The zero-order chi connectivity index (χ0) is 25.5. The molecule has 4 rings (SSSR count). The lowest BCUT2D eigenvalue weighted by Crippen LogP contribution is -2.43. The lowest BCUT2D eigenvalue weighted by Gasteiger charge is -2.27. The van der Waals surface area contributed by atoms with Crippen LogP contribution in [0.15, 0.2) is 54.6 Å². The van der Waals surface area contributed by atoms with Crippen molar-refractivity contribution in [2.75, 3.05) is 4.90 Å². The molecule has 0 fully saturated rings. The van der Waals surface area contributed by atoms with E-state index in [9.17, 15) is 22.8 Å². The van der Waals surface area contributed by atoms with Crippen molar-refractivity contribution >= 4 is 38.7 Å². The Hall–Kier alpha value is -2.87. The molecule has 0 saturated carbocycles. The van der Waals surface area contributed by atoms with Crippen molar-refractivity contribution in [1.82, 2.24) is 4.98 Å². The number of carbonyl (C=O) groups is 2. The first-order valence-corrected chi connectivity index (χ1v) is 11.3. The summed E-state index contributed by atoms with van der Waals surface area (Å²) in [4.78, 5) is 30.3. The molecule has 35 heavy (non-hydrogen) atoms. The minimum Gasteiger partial charge on any atom is -0.320 e. The standard InChI is InChI=1S/C24H19ClF4N3O2P/c25-14-6-4-13(5-7-14)11-32-20-8-15(19-2-1-3-21(31-19)24(27,28)29)17(26)9-16(20)23(35,12-33)10-18(30)22(32)34/h1-9,12,18H,10-11,30,35H2/t18-,23?/m0/s1. The van der Waals surface area contributed by atoms with Gasteiger partial charge in [0.2, 0.25) is 5.91 Å². The predicted molar refractivity (Wildman–Crippen MR) is 127 cm³/mol. The van der Waals surface area contributed by atoms with E-state index in [1.807, 2.05) is 0 Å². The van der Waals surface area contributed by atoms with Crippen LogP contribution >= 0.6 is 20.8 Å². The van der Waals surface area contributed by atoms with Gasteiger partial charge in [-0.3, -0.25) is 4.79 Å². The maximum atomic E-state index is 15.3. The lowest BCUT2D eigenvalue weighted by atomic mass is 9.91. The Balaban J connectivity index is 1.93. The van der Waals surface area contributed by atoms with Crippen molar-refractivity contribution in [3.8, 4) is 11.3 Å². The molecule has 2 heterocycles. The summed E-state index contributed by atoms with van der Waals surface area (Å²) in [5, 5.41) is -0.905. The third-order valence-electron chi connectivity index (χ3n) is 5.80. The van der Waals surface area contributed by atoms with Gasteiger partial charge in [0.25, 0.3) is 0 Å². The molecule has 0 saturated heterocycles. The Bertz CT molecular complexity index is 1300. The highest BCUT2D eigenvalue weighted by molar-refractivity contribution is 7.20. The highest BCUT2D eigenvalue weighted by Crippen LogP contribution is 2.45. The van der Waals surface area contributed by atoms with E-state index in [2.05, 4.69) is 14.2 Å². The number of hydrogen-bond donors (Lipinski definition) is 1. The zero-order valence-corrected chi connectivity index (χ0v) is 19.9. The molecular weight excluding hydrogens is 505 g/mol. The molecule has 5 nitrogen and oxygen atoms in total. The van der Waals surface area contributed by atoms with Gasteiger partial charge in [-0.05, 0) is 53.9 Å². The van der Waals surface area contributed by atoms with Crippen LogP contribution < -0.4 is 10.6 Å². The average molecular weight is 524 g/mol. The second kappa shape index (κ2) is 9.30. The molecular formula is C24H19ClF4N3O2P. The van der Waals surface area contributed by atoms with Gasteiger partial charge < -0.3 is 15.4 Å². The van der Waals surface area contributed by atoms with Crippen LogP contribution in [-0.4, -0.2) is 23.2 Å². The molecule has 3 atom stereocenters. The van der Waals surface area contributed by atoms with Gasteiger partial charge in [-0.25, -0.2) is 9.37 Å². The van der Waals surface area contributed by atoms with E-state index < -0.39 is 34.8 Å². The third kappa shape index (κ3) is 4.94. The number of pyridine rings is 1. The minimum absolute atomic E-state index is 0.0113. The molecule has 1 amide bonds. The normalized spacial score (nSPS) is 20.4. The molecule has 0 spiro atoms. The fraction of sp³-hybridized carbons (Fsp3) is 0.208. The van der Waals surface area contributed by atoms with Crippen LogP contribution in [0.3, 0.4) is 0 Å². The molecule has 3 aromatic rings. The summed E-state index contributed by atoms with van der Waals surface area (Å²) in [5.74, 6) is -1.42. The quantitative estimate of drug-likeness (QED) is 0.293. The van der Waals surface area contributed by atoms with Crippen molar-refractivity contribution in [2.45, 2.75) is 30.3 Å². The second-order valence-corrected chi connectivity index (χ2v) is 9.74. The summed E-state index contributed by atoms with van der Waals surface area (Å²) in [6.07, 6.45) is -4.27. The summed E-state index contributed by atoms with van der Waals surface area (Å²) in [7, 11) is 2.33. The average Bonchev–Trinajstić information content (AvgIpc) is 2.89. The van der Waals surface area contributed by atoms with Crippen LogP contribution in [0.1, 0.15) is 23.2 Å².